The molecule has 2 heterocycles. The van der Waals surface area contributed by atoms with Crippen LogP contribution in [0.4, 0.5) is 0 Å². The van der Waals surface area contributed by atoms with Gasteiger partial charge in [0.25, 0.3) is 0 Å². The highest BCUT2D eigenvalue weighted by Crippen LogP contribution is 2.40. The number of phenols is 1. The number of fused-ring (bicyclic) bond motifs is 1. The molecule has 0 aliphatic rings. The molecule has 0 unspecified atom stereocenters. The van der Waals surface area contributed by atoms with Gasteiger partial charge in [0.1, 0.15) is 11.6 Å². The molecular weight excluding hydrogens is 599 g/mol. The van der Waals surface area contributed by atoms with E-state index >= 15 is 0 Å². The standard InChI is InChI=1S/C45H35N3O/c1-30-14-11-15-31(2)43(30)35-28-33(27-34(29-35)40-23-12-18-36(46-40)26-32-16-5-3-6-17-32)38-22-13-24-41-44(38)47-45(39-21-9-10-25-42(39)49)48(41)37-19-7-4-8-20-37/h3-25,27-29,49H,26H2,1-2H3. The zero-order chi connectivity index (χ0) is 33.3. The summed E-state index contributed by atoms with van der Waals surface area (Å²) >= 11 is 0. The van der Waals surface area contributed by atoms with Crippen LogP contribution in [0.3, 0.4) is 0 Å². The van der Waals surface area contributed by atoms with E-state index < -0.39 is 0 Å². The molecule has 0 saturated carbocycles. The first-order valence-corrected chi connectivity index (χ1v) is 16.6. The van der Waals surface area contributed by atoms with Gasteiger partial charge in [-0.1, -0.05) is 97.1 Å². The number of hydrogen-bond donors (Lipinski definition) is 1. The first-order valence-electron chi connectivity index (χ1n) is 16.6. The smallest absolute Gasteiger partial charge is 0.149 e. The van der Waals surface area contributed by atoms with Crippen LogP contribution in [0.2, 0.25) is 0 Å². The lowest BCUT2D eigenvalue weighted by Gasteiger charge is -2.15. The Morgan fingerprint density at radius 2 is 1.18 bits per heavy atom. The van der Waals surface area contributed by atoms with Crippen molar-refractivity contribution in [3.63, 3.8) is 0 Å². The van der Waals surface area contributed by atoms with Crippen LogP contribution in [-0.2, 0) is 6.42 Å². The monoisotopic (exact) mass is 633 g/mol. The van der Waals surface area contributed by atoms with Crippen molar-refractivity contribution >= 4 is 11.0 Å². The molecule has 0 aliphatic carbocycles. The zero-order valence-corrected chi connectivity index (χ0v) is 27.5. The highest BCUT2D eigenvalue weighted by molar-refractivity contribution is 5.97. The fourth-order valence-electron chi connectivity index (χ4n) is 6.90. The average Bonchev–Trinajstić information content (AvgIpc) is 3.52. The number of aromatic hydroxyl groups is 1. The molecule has 6 aromatic carbocycles. The lowest BCUT2D eigenvalue weighted by atomic mass is 9.90. The fraction of sp³-hybridized carbons (Fsp3) is 0.0667. The van der Waals surface area contributed by atoms with Gasteiger partial charge in [-0.2, -0.15) is 0 Å². The molecule has 0 spiro atoms. The highest BCUT2D eigenvalue weighted by atomic mass is 16.3. The fourth-order valence-corrected chi connectivity index (χ4v) is 6.90. The van der Waals surface area contributed by atoms with Gasteiger partial charge in [-0.25, -0.2) is 4.98 Å². The number of aromatic nitrogens is 3. The molecule has 0 aliphatic heterocycles. The van der Waals surface area contributed by atoms with Crippen LogP contribution in [0.15, 0.2) is 158 Å². The summed E-state index contributed by atoms with van der Waals surface area (Å²) in [6.45, 7) is 4.35. The molecule has 49 heavy (non-hydrogen) atoms. The van der Waals surface area contributed by atoms with Gasteiger partial charge in [-0.05, 0) is 108 Å². The Morgan fingerprint density at radius 3 is 1.96 bits per heavy atom. The van der Waals surface area contributed by atoms with Crippen molar-refractivity contribution in [2.45, 2.75) is 20.3 Å². The lowest BCUT2D eigenvalue weighted by Crippen LogP contribution is -1.97. The summed E-state index contributed by atoms with van der Waals surface area (Å²) in [5.74, 6) is 0.880. The quantitative estimate of drug-likeness (QED) is 0.190. The summed E-state index contributed by atoms with van der Waals surface area (Å²) in [4.78, 5) is 10.5. The average molecular weight is 634 g/mol. The summed E-state index contributed by atoms with van der Waals surface area (Å²) in [5, 5.41) is 11.0. The zero-order valence-electron chi connectivity index (χ0n) is 27.5. The minimum Gasteiger partial charge on any atom is -0.507 e. The Labute approximate surface area is 286 Å². The van der Waals surface area contributed by atoms with E-state index in [0.29, 0.717) is 11.4 Å². The second kappa shape index (κ2) is 12.7. The minimum atomic E-state index is 0.192. The maximum absolute atomic E-state index is 11.0. The van der Waals surface area contributed by atoms with Crippen molar-refractivity contribution in [1.29, 1.82) is 0 Å². The van der Waals surface area contributed by atoms with E-state index in [1.165, 1.54) is 22.3 Å². The van der Waals surface area contributed by atoms with Gasteiger partial charge in [0.2, 0.25) is 0 Å². The molecule has 8 aromatic rings. The third-order valence-electron chi connectivity index (χ3n) is 9.19. The molecule has 0 saturated heterocycles. The summed E-state index contributed by atoms with van der Waals surface area (Å²) in [7, 11) is 0. The van der Waals surface area contributed by atoms with Crippen molar-refractivity contribution < 1.29 is 5.11 Å². The largest absolute Gasteiger partial charge is 0.507 e. The number of phenolic OH excluding ortho intramolecular Hbond substituents is 1. The van der Waals surface area contributed by atoms with Crippen molar-refractivity contribution in [3.8, 4) is 56.3 Å². The van der Waals surface area contributed by atoms with Crippen LogP contribution in [0.1, 0.15) is 22.4 Å². The van der Waals surface area contributed by atoms with Crippen LogP contribution >= 0.6 is 0 Å². The first kappa shape index (κ1) is 30.1. The Balaban J connectivity index is 1.36. The molecule has 0 fully saturated rings. The Bertz CT molecular complexity index is 2420. The van der Waals surface area contributed by atoms with Crippen molar-refractivity contribution in [3.05, 3.63) is 180 Å². The maximum atomic E-state index is 11.0. The highest BCUT2D eigenvalue weighted by Gasteiger charge is 2.20. The summed E-state index contributed by atoms with van der Waals surface area (Å²) < 4.78 is 2.14. The van der Waals surface area contributed by atoms with Gasteiger partial charge in [-0.15, -0.1) is 0 Å². The molecule has 236 valence electrons. The second-order valence-electron chi connectivity index (χ2n) is 12.5. The number of benzene rings is 6. The van der Waals surface area contributed by atoms with E-state index in [4.69, 9.17) is 9.97 Å². The predicted molar refractivity (Wildman–Crippen MR) is 201 cm³/mol. The predicted octanol–water partition coefficient (Wildman–Crippen LogP) is 11.0. The number of nitrogens with zero attached hydrogens (tertiary/aromatic N) is 3. The van der Waals surface area contributed by atoms with Crippen molar-refractivity contribution in [2.75, 3.05) is 0 Å². The number of hydrogen-bond acceptors (Lipinski definition) is 3. The number of aryl methyl sites for hydroxylation is 2. The SMILES string of the molecule is Cc1cccc(C)c1-c1cc(-c2cccc(Cc3ccccc3)n2)cc(-c2cccc3c2nc(-c2ccccc2O)n3-c2ccccc2)c1. The van der Waals surface area contributed by atoms with Crippen molar-refractivity contribution in [2.24, 2.45) is 0 Å². The third kappa shape index (κ3) is 5.79. The Morgan fingerprint density at radius 1 is 0.551 bits per heavy atom. The van der Waals surface area contributed by atoms with Crippen LogP contribution in [0.25, 0.3) is 61.6 Å². The van der Waals surface area contributed by atoms with Gasteiger partial charge < -0.3 is 5.11 Å². The molecule has 0 amide bonds. The Kier molecular flexibility index (Phi) is 7.83. The molecule has 1 N–H and O–H groups in total. The third-order valence-corrected chi connectivity index (χ3v) is 9.19. The van der Waals surface area contributed by atoms with Gasteiger partial charge >= 0.3 is 0 Å². The van der Waals surface area contributed by atoms with Crippen LogP contribution < -0.4 is 0 Å². The molecular formula is C45H35N3O. The number of rotatable bonds is 7. The minimum absolute atomic E-state index is 0.192. The molecule has 0 atom stereocenters. The summed E-state index contributed by atoms with van der Waals surface area (Å²) in [6.07, 6.45) is 0.767. The van der Waals surface area contributed by atoms with Crippen LogP contribution in [0.5, 0.6) is 5.75 Å². The van der Waals surface area contributed by atoms with E-state index in [9.17, 15) is 5.11 Å². The molecule has 8 rings (SSSR count). The molecule has 4 heteroatoms. The van der Waals surface area contributed by atoms with Crippen LogP contribution in [0, 0.1) is 13.8 Å². The summed E-state index contributed by atoms with van der Waals surface area (Å²) in [5.41, 5.74) is 14.6. The molecule has 0 radical (unpaired) electrons. The van der Waals surface area contributed by atoms with Gasteiger partial charge in [0.05, 0.1) is 22.3 Å². The van der Waals surface area contributed by atoms with Crippen LogP contribution in [-0.4, -0.2) is 19.6 Å². The Hall–Kier alpha value is -6.26. The number of para-hydroxylation sites is 3. The van der Waals surface area contributed by atoms with Gasteiger partial charge in [0.15, 0.2) is 0 Å². The topological polar surface area (TPSA) is 50.9 Å². The molecule has 4 nitrogen and oxygen atoms in total. The van der Waals surface area contributed by atoms with E-state index in [1.54, 1.807) is 6.07 Å². The lowest BCUT2D eigenvalue weighted by molar-refractivity contribution is 0.477. The van der Waals surface area contributed by atoms with E-state index in [-0.39, 0.29) is 5.75 Å². The summed E-state index contributed by atoms with van der Waals surface area (Å²) in [6, 6.07) is 54.0. The number of imidazole rings is 1. The van der Waals surface area contributed by atoms with Gasteiger partial charge in [-0.3, -0.25) is 9.55 Å². The molecule has 0 bridgehead atoms. The maximum Gasteiger partial charge on any atom is 0.149 e. The first-order chi connectivity index (χ1) is 24.0. The molecule has 2 aromatic heterocycles. The van der Waals surface area contributed by atoms with E-state index in [0.717, 1.165) is 56.8 Å². The second-order valence-corrected chi connectivity index (χ2v) is 12.5. The van der Waals surface area contributed by atoms with E-state index in [2.05, 4.69) is 128 Å². The van der Waals surface area contributed by atoms with Gasteiger partial charge in [0, 0.05) is 28.9 Å². The van der Waals surface area contributed by atoms with Crippen molar-refractivity contribution in [1.82, 2.24) is 14.5 Å². The number of pyridine rings is 1. The van der Waals surface area contributed by atoms with E-state index in [1.807, 2.05) is 42.5 Å². The normalized spacial score (nSPS) is 11.2.